The topological polar surface area (TPSA) is 219 Å². The molecule has 0 unspecified atom stereocenters. The van der Waals surface area contributed by atoms with Crippen molar-refractivity contribution in [3.05, 3.63) is 58.7 Å². The van der Waals surface area contributed by atoms with Crippen LogP contribution < -0.4 is 37.9 Å². The summed E-state index contributed by atoms with van der Waals surface area (Å²) in [6.07, 6.45) is 0. The quantitative estimate of drug-likeness (QED) is 0.0252. The van der Waals surface area contributed by atoms with Crippen LogP contribution >= 0.6 is 0 Å². The summed E-state index contributed by atoms with van der Waals surface area (Å²) in [6.45, 7) is 24.1. The Bertz CT molecular complexity index is 2300. The van der Waals surface area contributed by atoms with Crippen LogP contribution in [0.25, 0.3) is 0 Å². The molecular weight excluding hydrogens is 1050 g/mol. The van der Waals surface area contributed by atoms with E-state index in [4.69, 9.17) is 94.7 Å². The maximum Gasteiger partial charge on any atom is 0.343 e. The van der Waals surface area contributed by atoms with Crippen LogP contribution in [-0.4, -0.2) is 172 Å². The normalized spacial score (nSPS) is 20.2. The molecule has 6 heterocycles. The van der Waals surface area contributed by atoms with E-state index < -0.39 is 11.9 Å². The van der Waals surface area contributed by atoms with Gasteiger partial charge in [0, 0.05) is 32.5 Å². The summed E-state index contributed by atoms with van der Waals surface area (Å²) < 4.78 is 117. The Morgan fingerprint density at radius 3 is 0.762 bits per heavy atom. The predicted molar refractivity (Wildman–Crippen MR) is 281 cm³/mol. The molecule has 80 heavy (non-hydrogen) atoms. The van der Waals surface area contributed by atoms with E-state index >= 15 is 0 Å². The summed E-state index contributed by atoms with van der Waals surface area (Å²) in [6, 6.07) is 9.05. The van der Waals surface area contributed by atoms with Crippen molar-refractivity contribution in [1.82, 2.24) is 0 Å². The van der Waals surface area contributed by atoms with Gasteiger partial charge in [0.15, 0.2) is 63.8 Å². The molecule has 22 nitrogen and oxygen atoms in total. The zero-order chi connectivity index (χ0) is 56.4. The standard InChI is InChI=1S/C58H78O22/c1-39-40(2)44(80-52(60)42-13-47(75-35-69-29-55(5)19-63-20-55)50(78-38-72-32-58(8)25-66-26-58)48(14-42)76-36-70-30-56(6)21-64-22-56)10-9-43(39)79-51(59)41-11-45(73-33-67-27-53(3)15-61-16-53)49(77-37-71-31-57(7)23-65-24-57)46(12-41)74-34-68-28-54(4)17-62-18-54/h9-14H,15-38H2,1-8H3. The number of carbonyl (C=O) groups is 2. The highest BCUT2D eigenvalue weighted by Crippen LogP contribution is 2.43. The van der Waals surface area contributed by atoms with Gasteiger partial charge in [-0.05, 0) is 61.4 Å². The molecule has 0 bridgehead atoms. The van der Waals surface area contributed by atoms with Gasteiger partial charge in [-0.2, -0.15) is 0 Å². The smallest absolute Gasteiger partial charge is 0.343 e. The second-order valence-corrected chi connectivity index (χ2v) is 24.2. The molecule has 0 atom stereocenters. The Morgan fingerprint density at radius 1 is 0.350 bits per heavy atom. The van der Waals surface area contributed by atoms with Crippen molar-refractivity contribution in [3.63, 3.8) is 0 Å². The van der Waals surface area contributed by atoms with Crippen molar-refractivity contribution in [2.75, 3.05) is 160 Å². The van der Waals surface area contributed by atoms with Gasteiger partial charge in [0.2, 0.25) is 11.5 Å². The molecule has 3 aromatic rings. The summed E-state index contributed by atoms with van der Waals surface area (Å²) >= 11 is 0. The molecule has 442 valence electrons. The zero-order valence-corrected chi connectivity index (χ0v) is 47.4. The Kier molecular flexibility index (Phi) is 19.4. The number of hydrogen-bond donors (Lipinski definition) is 0. The summed E-state index contributed by atoms with van der Waals surface area (Å²) in [7, 11) is 0. The van der Waals surface area contributed by atoms with Gasteiger partial charge < -0.3 is 94.7 Å². The van der Waals surface area contributed by atoms with Crippen LogP contribution in [0, 0.1) is 46.3 Å². The fourth-order valence-corrected chi connectivity index (χ4v) is 8.97. The van der Waals surface area contributed by atoms with Gasteiger partial charge in [-0.3, -0.25) is 0 Å². The molecule has 0 aliphatic carbocycles. The minimum atomic E-state index is -0.745. The first-order valence-electron chi connectivity index (χ1n) is 26.9. The molecule has 0 spiro atoms. The maximum atomic E-state index is 14.3. The van der Waals surface area contributed by atoms with Crippen LogP contribution in [0.2, 0.25) is 0 Å². The van der Waals surface area contributed by atoms with Crippen LogP contribution in [0.5, 0.6) is 46.0 Å². The third-order valence-electron chi connectivity index (χ3n) is 14.5. The highest BCUT2D eigenvalue weighted by molar-refractivity contribution is 5.94. The number of carbonyl (C=O) groups excluding carboxylic acids is 2. The van der Waals surface area contributed by atoms with Gasteiger partial charge in [0.1, 0.15) is 11.5 Å². The van der Waals surface area contributed by atoms with E-state index in [1.165, 1.54) is 24.3 Å². The average Bonchev–Trinajstić information content (AvgIpc) is 3.38. The fraction of sp³-hybridized carbons (Fsp3) is 0.655. The first kappa shape index (κ1) is 59.5. The van der Waals surface area contributed by atoms with E-state index in [1.807, 2.05) is 0 Å². The van der Waals surface area contributed by atoms with E-state index in [0.717, 1.165) is 0 Å². The summed E-state index contributed by atoms with van der Waals surface area (Å²) in [5.74, 6) is -0.186. The van der Waals surface area contributed by atoms with Crippen molar-refractivity contribution in [2.24, 2.45) is 32.5 Å². The molecule has 0 saturated carbocycles. The summed E-state index contributed by atoms with van der Waals surface area (Å²) in [5, 5.41) is 0. The average molecular weight is 1130 g/mol. The molecule has 0 amide bonds. The molecule has 9 rings (SSSR count). The lowest BCUT2D eigenvalue weighted by Crippen LogP contribution is -2.43. The lowest BCUT2D eigenvalue weighted by Gasteiger charge is -2.37. The number of ether oxygens (including phenoxy) is 20. The maximum absolute atomic E-state index is 14.3. The van der Waals surface area contributed by atoms with Crippen molar-refractivity contribution in [2.45, 2.75) is 55.4 Å². The molecule has 22 heteroatoms. The minimum absolute atomic E-state index is 0.0688. The molecular formula is C58H78O22. The van der Waals surface area contributed by atoms with E-state index in [1.54, 1.807) is 26.0 Å². The van der Waals surface area contributed by atoms with Crippen molar-refractivity contribution >= 4 is 11.9 Å². The van der Waals surface area contributed by atoms with Gasteiger partial charge in [-0.15, -0.1) is 0 Å². The van der Waals surface area contributed by atoms with Gasteiger partial charge in [0.25, 0.3) is 0 Å². The number of hydrogen-bond acceptors (Lipinski definition) is 22. The first-order valence-corrected chi connectivity index (χ1v) is 26.9. The molecule has 0 aromatic heterocycles. The van der Waals surface area contributed by atoms with Gasteiger partial charge in [0.05, 0.1) is 130 Å². The van der Waals surface area contributed by atoms with Crippen molar-refractivity contribution in [3.8, 4) is 46.0 Å². The second-order valence-electron chi connectivity index (χ2n) is 24.2. The zero-order valence-electron chi connectivity index (χ0n) is 47.4. The van der Waals surface area contributed by atoms with Crippen LogP contribution in [0.1, 0.15) is 73.4 Å². The van der Waals surface area contributed by atoms with E-state index in [-0.39, 0.29) is 130 Å². The lowest BCUT2D eigenvalue weighted by molar-refractivity contribution is -0.154. The molecule has 6 aliphatic rings. The first-order chi connectivity index (χ1) is 38.3. The van der Waals surface area contributed by atoms with E-state index in [2.05, 4.69) is 41.5 Å². The number of benzene rings is 3. The van der Waals surface area contributed by atoms with Crippen LogP contribution in [0.15, 0.2) is 36.4 Å². The largest absolute Gasteiger partial charge is 0.463 e. The molecule has 0 radical (unpaired) electrons. The molecule has 3 aromatic carbocycles. The summed E-state index contributed by atoms with van der Waals surface area (Å²) in [5.41, 5.74) is 0.363. The molecule has 0 N–H and O–H groups in total. The monoisotopic (exact) mass is 1130 g/mol. The third kappa shape index (κ3) is 15.5. The highest BCUT2D eigenvalue weighted by atomic mass is 16.7. The van der Waals surface area contributed by atoms with E-state index in [9.17, 15) is 9.59 Å². The highest BCUT2D eigenvalue weighted by Gasteiger charge is 2.38. The van der Waals surface area contributed by atoms with Gasteiger partial charge in [-0.1, -0.05) is 41.5 Å². The van der Waals surface area contributed by atoms with E-state index in [0.29, 0.717) is 130 Å². The van der Waals surface area contributed by atoms with Gasteiger partial charge in [-0.25, -0.2) is 9.59 Å². The fourth-order valence-electron chi connectivity index (χ4n) is 8.97. The summed E-state index contributed by atoms with van der Waals surface area (Å²) in [4.78, 5) is 28.5. The van der Waals surface area contributed by atoms with Crippen molar-refractivity contribution < 1.29 is 104 Å². The number of esters is 2. The van der Waals surface area contributed by atoms with Crippen molar-refractivity contribution in [1.29, 1.82) is 0 Å². The SMILES string of the molecule is Cc1c(OC(=O)c2cc(OCOCC3(C)COC3)c(OCOCC3(C)COC3)c(OCOCC3(C)COC3)c2)ccc(OC(=O)c2cc(OCOCC3(C)COC3)c(OCOCC3(C)COC3)c(OCOCC3(C)COC3)c2)c1C. The Hall–Kier alpha value is -5.08. The Balaban J connectivity index is 0.920. The third-order valence-corrected chi connectivity index (χ3v) is 14.5. The molecule has 6 aliphatic heterocycles. The second kappa shape index (κ2) is 26.0. The lowest BCUT2D eigenvalue weighted by atomic mass is 9.90. The van der Waals surface area contributed by atoms with Crippen LogP contribution in [0.3, 0.4) is 0 Å². The molecule has 6 saturated heterocycles. The van der Waals surface area contributed by atoms with Gasteiger partial charge >= 0.3 is 11.9 Å². The Morgan fingerprint density at radius 2 is 0.562 bits per heavy atom. The van der Waals surface area contributed by atoms with Crippen LogP contribution in [-0.2, 0) is 56.8 Å². The van der Waals surface area contributed by atoms with Crippen LogP contribution in [0.4, 0.5) is 0 Å². The predicted octanol–water partition coefficient (Wildman–Crippen LogP) is 7.08. The Labute approximate surface area is 467 Å². The molecule has 6 fully saturated rings. The minimum Gasteiger partial charge on any atom is -0.463 e. The number of rotatable bonds is 34.